The van der Waals surface area contributed by atoms with Gasteiger partial charge in [0.2, 0.25) is 10.0 Å². The van der Waals surface area contributed by atoms with Crippen LogP contribution in [0, 0.1) is 19.8 Å². The Hall–Kier alpha value is -0.880. The number of rotatable bonds is 4. The Kier molecular flexibility index (Phi) is 3.27. The molecule has 1 unspecified atom stereocenters. The average molecular weight is 257 g/mol. The fraction of sp³-hybridized carbons (Fsp3) is 0.727. The average Bonchev–Trinajstić information content (AvgIpc) is 2.41. The second-order valence-corrected chi connectivity index (χ2v) is 6.51. The molecular formula is C11H19N3O2S. The number of aromatic amines is 1. The molecule has 96 valence electrons. The molecule has 1 aromatic heterocycles. The van der Waals surface area contributed by atoms with E-state index in [1.54, 1.807) is 13.8 Å². The zero-order valence-corrected chi connectivity index (χ0v) is 11.3. The lowest BCUT2D eigenvalue weighted by atomic mass is 9.81. The fourth-order valence-electron chi connectivity index (χ4n) is 2.28. The first-order valence-electron chi connectivity index (χ1n) is 5.95. The van der Waals surface area contributed by atoms with Gasteiger partial charge in [-0.05, 0) is 39.5 Å². The van der Waals surface area contributed by atoms with Crippen LogP contribution in [0.4, 0.5) is 0 Å². The van der Waals surface area contributed by atoms with Gasteiger partial charge in [-0.1, -0.05) is 6.42 Å². The van der Waals surface area contributed by atoms with Crippen LogP contribution in [0.1, 0.15) is 37.6 Å². The molecule has 0 bridgehead atoms. The van der Waals surface area contributed by atoms with Crippen molar-refractivity contribution < 1.29 is 8.42 Å². The van der Waals surface area contributed by atoms with Crippen LogP contribution in [0.15, 0.2) is 4.90 Å². The molecule has 0 radical (unpaired) electrons. The summed E-state index contributed by atoms with van der Waals surface area (Å²) in [4.78, 5) is 0.295. The number of hydrogen-bond acceptors (Lipinski definition) is 3. The summed E-state index contributed by atoms with van der Waals surface area (Å²) in [5.74, 6) is 0.484. The largest absolute Gasteiger partial charge is 0.281 e. The van der Waals surface area contributed by atoms with Crippen molar-refractivity contribution in [3.63, 3.8) is 0 Å². The minimum Gasteiger partial charge on any atom is -0.281 e. The number of nitrogens with zero attached hydrogens (tertiary/aromatic N) is 1. The molecule has 1 saturated carbocycles. The molecule has 1 fully saturated rings. The molecule has 17 heavy (non-hydrogen) atoms. The van der Waals surface area contributed by atoms with Crippen molar-refractivity contribution in [3.8, 4) is 0 Å². The van der Waals surface area contributed by atoms with Gasteiger partial charge < -0.3 is 0 Å². The number of aromatic nitrogens is 2. The summed E-state index contributed by atoms with van der Waals surface area (Å²) in [5, 5.41) is 6.63. The Morgan fingerprint density at radius 2 is 2.06 bits per heavy atom. The van der Waals surface area contributed by atoms with Crippen LogP contribution in [0.2, 0.25) is 0 Å². The molecule has 1 aromatic rings. The monoisotopic (exact) mass is 257 g/mol. The van der Waals surface area contributed by atoms with Crippen LogP contribution in [-0.2, 0) is 10.0 Å². The first kappa shape index (κ1) is 12.6. The summed E-state index contributed by atoms with van der Waals surface area (Å²) in [6.45, 7) is 5.36. The van der Waals surface area contributed by atoms with Crippen LogP contribution in [-0.4, -0.2) is 24.7 Å². The SMILES string of the molecule is Cc1n[nH]c(C)c1S(=O)(=O)NC(C)C1CCC1. The summed E-state index contributed by atoms with van der Waals surface area (Å²) in [7, 11) is -3.44. The molecule has 6 heteroatoms. The fourth-order valence-corrected chi connectivity index (χ4v) is 3.96. The molecule has 2 rings (SSSR count). The van der Waals surface area contributed by atoms with Crippen LogP contribution in [0.25, 0.3) is 0 Å². The predicted molar refractivity (Wildman–Crippen MR) is 65.2 cm³/mol. The van der Waals surface area contributed by atoms with Crippen LogP contribution in [0.3, 0.4) is 0 Å². The maximum atomic E-state index is 12.2. The Labute approximate surface area is 102 Å². The van der Waals surface area contributed by atoms with E-state index in [9.17, 15) is 8.42 Å². The van der Waals surface area contributed by atoms with Gasteiger partial charge in [-0.15, -0.1) is 0 Å². The topological polar surface area (TPSA) is 74.8 Å². The predicted octanol–water partition coefficient (Wildman–Crippen LogP) is 1.49. The third kappa shape index (κ3) is 2.37. The second kappa shape index (κ2) is 4.42. The molecular weight excluding hydrogens is 238 g/mol. The van der Waals surface area contributed by atoms with E-state index >= 15 is 0 Å². The van der Waals surface area contributed by atoms with Crippen molar-refractivity contribution in [2.24, 2.45) is 5.92 Å². The van der Waals surface area contributed by atoms with Gasteiger partial charge in [0.1, 0.15) is 4.90 Å². The Morgan fingerprint density at radius 1 is 1.41 bits per heavy atom. The lowest BCUT2D eigenvalue weighted by molar-refractivity contribution is 0.260. The van der Waals surface area contributed by atoms with Gasteiger partial charge in [-0.25, -0.2) is 13.1 Å². The zero-order valence-electron chi connectivity index (χ0n) is 10.4. The molecule has 1 heterocycles. The lowest BCUT2D eigenvalue weighted by Gasteiger charge is -2.31. The van der Waals surface area contributed by atoms with Crippen molar-refractivity contribution >= 4 is 10.0 Å². The van der Waals surface area contributed by atoms with Gasteiger partial charge in [0, 0.05) is 6.04 Å². The quantitative estimate of drug-likeness (QED) is 0.858. The molecule has 1 aliphatic carbocycles. The van der Waals surface area contributed by atoms with Crippen molar-refractivity contribution in [2.75, 3.05) is 0 Å². The number of sulfonamides is 1. The lowest BCUT2D eigenvalue weighted by Crippen LogP contribution is -2.40. The summed E-state index contributed by atoms with van der Waals surface area (Å²) >= 11 is 0. The van der Waals surface area contributed by atoms with Crippen molar-refractivity contribution in [1.29, 1.82) is 0 Å². The molecule has 0 aromatic carbocycles. The van der Waals surface area contributed by atoms with E-state index in [-0.39, 0.29) is 6.04 Å². The van der Waals surface area contributed by atoms with Gasteiger partial charge in [-0.3, -0.25) is 5.10 Å². The van der Waals surface area contributed by atoms with Crippen molar-refractivity contribution in [3.05, 3.63) is 11.4 Å². The third-order valence-corrected chi connectivity index (χ3v) is 5.35. The van der Waals surface area contributed by atoms with Gasteiger partial charge in [-0.2, -0.15) is 5.10 Å². The van der Waals surface area contributed by atoms with Crippen molar-refractivity contribution in [1.82, 2.24) is 14.9 Å². The Morgan fingerprint density at radius 3 is 2.47 bits per heavy atom. The standard InChI is InChI=1S/C11H19N3O2S/c1-7(10-5-4-6-10)14-17(15,16)11-8(2)12-13-9(11)3/h7,10,14H,4-6H2,1-3H3,(H,12,13). The Bertz CT molecular complexity index is 483. The number of H-pyrrole nitrogens is 1. The van der Waals surface area contributed by atoms with Gasteiger partial charge >= 0.3 is 0 Å². The van der Waals surface area contributed by atoms with E-state index in [0.29, 0.717) is 22.2 Å². The van der Waals surface area contributed by atoms with E-state index < -0.39 is 10.0 Å². The van der Waals surface area contributed by atoms with Gasteiger partial charge in [0.25, 0.3) is 0 Å². The zero-order chi connectivity index (χ0) is 12.6. The van der Waals surface area contributed by atoms with E-state index in [4.69, 9.17) is 0 Å². The van der Waals surface area contributed by atoms with Crippen LogP contribution < -0.4 is 4.72 Å². The third-order valence-electron chi connectivity index (χ3n) is 3.53. The first-order valence-corrected chi connectivity index (χ1v) is 7.44. The highest BCUT2D eigenvalue weighted by Gasteiger charge is 2.30. The Balaban J connectivity index is 2.19. The molecule has 1 atom stereocenters. The second-order valence-electron chi connectivity index (χ2n) is 4.86. The highest BCUT2D eigenvalue weighted by atomic mass is 32.2. The van der Waals surface area contributed by atoms with E-state index in [1.807, 2.05) is 6.92 Å². The van der Waals surface area contributed by atoms with Gasteiger partial charge in [0.15, 0.2) is 0 Å². The minimum absolute atomic E-state index is 0.00227. The molecule has 0 spiro atoms. The van der Waals surface area contributed by atoms with E-state index in [0.717, 1.165) is 12.8 Å². The highest BCUT2D eigenvalue weighted by molar-refractivity contribution is 7.89. The number of nitrogens with one attached hydrogen (secondary N) is 2. The number of aryl methyl sites for hydroxylation is 2. The van der Waals surface area contributed by atoms with Crippen molar-refractivity contribution in [2.45, 2.75) is 51.0 Å². The summed E-state index contributed by atoms with van der Waals surface area (Å²) in [5.41, 5.74) is 1.12. The smallest absolute Gasteiger partial charge is 0.244 e. The molecule has 0 aliphatic heterocycles. The molecule has 1 aliphatic rings. The summed E-state index contributed by atoms with van der Waals surface area (Å²) in [6.07, 6.45) is 3.45. The van der Waals surface area contributed by atoms with Crippen LogP contribution >= 0.6 is 0 Å². The number of hydrogen-bond donors (Lipinski definition) is 2. The maximum absolute atomic E-state index is 12.2. The summed E-state index contributed by atoms with van der Waals surface area (Å²) < 4.78 is 27.2. The van der Waals surface area contributed by atoms with E-state index in [1.165, 1.54) is 6.42 Å². The minimum atomic E-state index is -3.44. The maximum Gasteiger partial charge on any atom is 0.244 e. The molecule has 0 amide bonds. The normalized spacial score (nSPS) is 19.0. The highest BCUT2D eigenvalue weighted by Crippen LogP contribution is 2.30. The van der Waals surface area contributed by atoms with Crippen LogP contribution in [0.5, 0.6) is 0 Å². The molecule has 2 N–H and O–H groups in total. The summed E-state index contributed by atoms with van der Waals surface area (Å²) in [6, 6.07) is 0.00227. The molecule has 5 nitrogen and oxygen atoms in total. The van der Waals surface area contributed by atoms with Gasteiger partial charge in [0.05, 0.1) is 11.4 Å². The molecule has 0 saturated heterocycles. The first-order chi connectivity index (χ1) is 7.92. The van der Waals surface area contributed by atoms with E-state index in [2.05, 4.69) is 14.9 Å².